The predicted molar refractivity (Wildman–Crippen MR) is 251 cm³/mol. The topological polar surface area (TPSA) is 124 Å². The van der Waals surface area contributed by atoms with E-state index in [-0.39, 0.29) is 26.4 Å². The Balaban J connectivity index is 1.88. The SMILES string of the molecule is COCCOCCOCCOC(=O)c1cc(C#Cc2cc(N(C)C)cc(C#Cc3cc(C#C[Si](C)(C)C)cc(C(=O)OCCOCCOCCOC)c3)n2)cc(C#C[Si](C)(C)C)c1. The molecule has 0 radical (unpaired) electrons. The number of hydrogen-bond donors (Lipinski definition) is 0. The van der Waals surface area contributed by atoms with Crippen molar-refractivity contribution in [3.63, 3.8) is 0 Å². The third kappa shape index (κ3) is 22.6. The molecule has 12 nitrogen and oxygen atoms in total. The van der Waals surface area contributed by atoms with Crippen molar-refractivity contribution in [1.29, 1.82) is 0 Å². The highest BCUT2D eigenvalue weighted by atomic mass is 28.3. The lowest BCUT2D eigenvalue weighted by molar-refractivity contribution is 0.00552. The van der Waals surface area contributed by atoms with Gasteiger partial charge in [0.1, 0.15) is 40.7 Å². The van der Waals surface area contributed by atoms with Gasteiger partial charge >= 0.3 is 11.9 Å². The molecule has 2 aromatic carbocycles. The van der Waals surface area contributed by atoms with Gasteiger partial charge in [-0.2, -0.15) is 0 Å². The van der Waals surface area contributed by atoms with Crippen LogP contribution in [0.1, 0.15) is 54.4 Å². The van der Waals surface area contributed by atoms with Gasteiger partial charge in [-0.25, -0.2) is 14.6 Å². The molecule has 0 aliphatic heterocycles. The molecule has 0 saturated carbocycles. The quantitative estimate of drug-likeness (QED) is 0.0534. The Morgan fingerprint density at radius 3 is 1.14 bits per heavy atom. The van der Waals surface area contributed by atoms with Crippen molar-refractivity contribution in [1.82, 2.24) is 4.98 Å². The third-order valence-corrected chi connectivity index (χ3v) is 9.78. The van der Waals surface area contributed by atoms with E-state index < -0.39 is 28.1 Å². The van der Waals surface area contributed by atoms with E-state index in [2.05, 4.69) is 85.9 Å². The average Bonchev–Trinajstić information content (AvgIpc) is 3.24. The molecular formula is C49H62N2O10Si2. The lowest BCUT2D eigenvalue weighted by atomic mass is 10.1. The summed E-state index contributed by atoms with van der Waals surface area (Å²) in [6.07, 6.45) is 0. The monoisotopic (exact) mass is 894 g/mol. The van der Waals surface area contributed by atoms with Gasteiger partial charge in [-0.05, 0) is 60.4 Å². The first kappa shape index (κ1) is 52.1. The molecule has 63 heavy (non-hydrogen) atoms. The lowest BCUT2D eigenvalue weighted by Crippen LogP contribution is -2.16. The largest absolute Gasteiger partial charge is 0.460 e. The summed E-state index contributed by atoms with van der Waals surface area (Å²) in [5.74, 6) is 18.2. The summed E-state index contributed by atoms with van der Waals surface area (Å²) < 4.78 is 42.8. The molecule has 14 heteroatoms. The van der Waals surface area contributed by atoms with E-state index in [1.165, 1.54) is 0 Å². The molecule has 0 fully saturated rings. The van der Waals surface area contributed by atoms with Crippen molar-refractivity contribution in [2.45, 2.75) is 39.3 Å². The number of aromatic nitrogens is 1. The molecule has 0 unspecified atom stereocenters. The number of rotatable bonds is 21. The molecule has 3 aromatic rings. The van der Waals surface area contributed by atoms with Gasteiger partial charge in [0.15, 0.2) is 0 Å². The van der Waals surface area contributed by atoms with E-state index in [0.29, 0.717) is 97.6 Å². The van der Waals surface area contributed by atoms with Gasteiger partial charge in [-0.1, -0.05) is 63.0 Å². The molecular weight excluding hydrogens is 833 g/mol. The van der Waals surface area contributed by atoms with E-state index in [0.717, 1.165) is 5.69 Å². The Morgan fingerprint density at radius 2 is 0.810 bits per heavy atom. The maximum atomic E-state index is 13.2. The molecule has 0 aliphatic carbocycles. The van der Waals surface area contributed by atoms with Crippen LogP contribution in [0.25, 0.3) is 0 Å². The number of nitrogens with zero attached hydrogens (tertiary/aromatic N) is 2. The minimum Gasteiger partial charge on any atom is -0.460 e. The number of pyridine rings is 1. The standard InChI is InChI=1S/C49H62N2O10Si2/c1-51(2)47-37-45(13-11-39-31-41(15-29-62(5,6)7)35-43(33-39)48(52)60-27-25-58-23-21-56-19-17-54-3)50-46(38-47)14-12-40-32-42(16-30-63(8,9)10)36-44(34-40)49(53)61-28-26-59-24-22-57-20-18-55-4/h31-38H,17-28H2,1-10H3. The lowest BCUT2D eigenvalue weighted by Gasteiger charge is -2.12. The van der Waals surface area contributed by atoms with Crippen molar-refractivity contribution in [3.8, 4) is 46.6 Å². The first-order valence-corrected chi connectivity index (χ1v) is 27.8. The molecule has 336 valence electrons. The van der Waals surface area contributed by atoms with Crippen LogP contribution >= 0.6 is 0 Å². The van der Waals surface area contributed by atoms with Crippen LogP contribution in [-0.4, -0.2) is 141 Å². The van der Waals surface area contributed by atoms with Crippen LogP contribution in [0.2, 0.25) is 39.3 Å². The van der Waals surface area contributed by atoms with Gasteiger partial charge in [0.2, 0.25) is 0 Å². The summed E-state index contributed by atoms with van der Waals surface area (Å²) in [7, 11) is 3.62. The highest BCUT2D eigenvalue weighted by molar-refractivity contribution is 6.84. The van der Waals surface area contributed by atoms with Crippen LogP contribution in [0, 0.1) is 46.6 Å². The molecule has 0 amide bonds. The van der Waals surface area contributed by atoms with Crippen molar-refractivity contribution in [2.75, 3.05) is 112 Å². The molecule has 1 heterocycles. The zero-order valence-corrected chi connectivity index (χ0v) is 40.6. The van der Waals surface area contributed by atoms with Crippen molar-refractivity contribution >= 4 is 33.8 Å². The number of ether oxygens (including phenoxy) is 8. The Bertz CT molecular complexity index is 2070. The fourth-order valence-electron chi connectivity index (χ4n) is 4.96. The minimum absolute atomic E-state index is 0.0812. The molecule has 0 aliphatic rings. The number of carbonyl (C=O) groups is 2. The normalized spacial score (nSPS) is 10.8. The maximum Gasteiger partial charge on any atom is 0.338 e. The van der Waals surface area contributed by atoms with Gasteiger partial charge in [-0.15, -0.1) is 11.1 Å². The van der Waals surface area contributed by atoms with Crippen molar-refractivity contribution < 1.29 is 47.5 Å². The third-order valence-electron chi connectivity index (χ3n) is 8.03. The summed E-state index contributed by atoms with van der Waals surface area (Å²) >= 11 is 0. The summed E-state index contributed by atoms with van der Waals surface area (Å²) in [6.45, 7) is 17.1. The van der Waals surface area contributed by atoms with Crippen LogP contribution in [-0.2, 0) is 37.9 Å². The zero-order chi connectivity index (χ0) is 46.1. The van der Waals surface area contributed by atoms with Crippen LogP contribution < -0.4 is 4.90 Å². The fourth-order valence-corrected chi connectivity index (χ4v) is 5.99. The van der Waals surface area contributed by atoms with Crippen LogP contribution in [0.3, 0.4) is 0 Å². The zero-order valence-electron chi connectivity index (χ0n) is 38.6. The van der Waals surface area contributed by atoms with Crippen molar-refractivity contribution in [3.05, 3.63) is 93.3 Å². The number of carbonyl (C=O) groups excluding carboxylic acids is 2. The van der Waals surface area contributed by atoms with Gasteiger partial charge in [0.25, 0.3) is 0 Å². The summed E-state index contributed by atoms with van der Waals surface area (Å²) in [4.78, 5) is 33.1. The Kier molecular flexibility index (Phi) is 22.9. The molecule has 0 atom stereocenters. The second-order valence-corrected chi connectivity index (χ2v) is 25.8. The molecule has 0 N–H and O–H groups in total. The van der Waals surface area contributed by atoms with E-state index in [1.807, 2.05) is 43.3 Å². The van der Waals surface area contributed by atoms with Crippen LogP contribution in [0.4, 0.5) is 5.69 Å². The number of methoxy groups -OCH3 is 2. The summed E-state index contributed by atoms with van der Waals surface area (Å²) in [5, 5.41) is 0. The summed E-state index contributed by atoms with van der Waals surface area (Å²) in [5.41, 5.74) is 11.7. The first-order valence-electron chi connectivity index (χ1n) is 20.8. The van der Waals surface area contributed by atoms with Crippen LogP contribution in [0.15, 0.2) is 48.5 Å². The van der Waals surface area contributed by atoms with E-state index >= 15 is 0 Å². The molecule has 0 spiro atoms. The van der Waals surface area contributed by atoms with Gasteiger partial charge < -0.3 is 42.8 Å². The first-order chi connectivity index (χ1) is 30.0. The average molecular weight is 895 g/mol. The Hall–Kier alpha value is -5.24. The molecule has 0 saturated heterocycles. The summed E-state index contributed by atoms with van der Waals surface area (Å²) in [6, 6.07) is 14.3. The minimum atomic E-state index is -1.73. The van der Waals surface area contributed by atoms with Gasteiger partial charge in [-0.3, -0.25) is 0 Å². The second kappa shape index (κ2) is 27.7. The van der Waals surface area contributed by atoms with Gasteiger partial charge in [0.05, 0.1) is 77.2 Å². The van der Waals surface area contributed by atoms with E-state index in [4.69, 9.17) is 42.9 Å². The molecule has 1 aromatic heterocycles. The van der Waals surface area contributed by atoms with E-state index in [9.17, 15) is 9.59 Å². The predicted octanol–water partition coefficient (Wildman–Crippen LogP) is 6.08. The second-order valence-electron chi connectivity index (χ2n) is 16.3. The number of benzene rings is 2. The van der Waals surface area contributed by atoms with Crippen LogP contribution in [0.5, 0.6) is 0 Å². The number of anilines is 1. The number of esters is 2. The fraction of sp³-hybridized carbons (Fsp3) is 0.449. The van der Waals surface area contributed by atoms with Gasteiger partial charge in [0, 0.05) is 56.3 Å². The smallest absolute Gasteiger partial charge is 0.338 e. The van der Waals surface area contributed by atoms with E-state index in [1.54, 1.807) is 38.5 Å². The number of hydrogen-bond acceptors (Lipinski definition) is 12. The Morgan fingerprint density at radius 1 is 0.476 bits per heavy atom. The maximum absolute atomic E-state index is 13.2. The highest BCUT2D eigenvalue weighted by Gasteiger charge is 2.14. The Labute approximate surface area is 376 Å². The molecule has 0 bridgehead atoms. The highest BCUT2D eigenvalue weighted by Crippen LogP contribution is 2.17. The molecule has 3 rings (SSSR count). The van der Waals surface area contributed by atoms with Crippen molar-refractivity contribution in [2.24, 2.45) is 0 Å².